The number of para-hydroxylation sites is 1. The minimum atomic E-state index is -1.68. The number of nitrogens with one attached hydrogen (secondary N) is 1. The number of halogens is 3. The predicted molar refractivity (Wildman–Crippen MR) is 103 cm³/mol. The zero-order valence-electron chi connectivity index (χ0n) is 15.6. The molecule has 0 fully saturated rings. The Morgan fingerprint density at radius 1 is 1.03 bits per heavy atom. The molecular weight excluding hydrogens is 397 g/mol. The van der Waals surface area contributed by atoms with Crippen molar-refractivity contribution < 1.29 is 27.8 Å². The number of methoxy groups -OCH3 is 1. The van der Waals surface area contributed by atoms with Gasteiger partial charge in [-0.2, -0.15) is 4.39 Å². The van der Waals surface area contributed by atoms with E-state index in [1.807, 2.05) is 6.07 Å². The molecule has 0 spiro atoms. The van der Waals surface area contributed by atoms with Crippen LogP contribution in [0.15, 0.2) is 54.7 Å². The molecule has 0 aliphatic carbocycles. The third-order valence-electron chi connectivity index (χ3n) is 4.89. The molecule has 0 amide bonds. The number of carbonyl (C=O) groups is 1. The molecular formula is C22H15F3N2O3. The SMILES string of the molecule is COc1cc(C(c2cccc(C(=O)O)n2)c2c[nH]c3ccccc23)c(F)c(F)c1F. The van der Waals surface area contributed by atoms with E-state index in [2.05, 4.69) is 9.97 Å². The van der Waals surface area contributed by atoms with Crippen LogP contribution in [0.25, 0.3) is 10.9 Å². The summed E-state index contributed by atoms with van der Waals surface area (Å²) in [6, 6.07) is 12.5. The number of nitrogens with zero attached hydrogens (tertiary/aromatic N) is 1. The van der Waals surface area contributed by atoms with Crippen molar-refractivity contribution in [2.45, 2.75) is 5.92 Å². The number of H-pyrrole nitrogens is 1. The minimum absolute atomic E-state index is 0.159. The zero-order chi connectivity index (χ0) is 21.4. The first-order chi connectivity index (χ1) is 14.4. The normalized spacial score (nSPS) is 12.1. The molecule has 2 aromatic carbocycles. The summed E-state index contributed by atoms with van der Waals surface area (Å²) in [5.41, 5.74) is 0.930. The van der Waals surface area contributed by atoms with E-state index in [9.17, 15) is 23.1 Å². The van der Waals surface area contributed by atoms with Crippen LogP contribution in [-0.2, 0) is 0 Å². The number of aromatic nitrogens is 2. The van der Waals surface area contributed by atoms with Gasteiger partial charge in [0.25, 0.3) is 0 Å². The van der Waals surface area contributed by atoms with Gasteiger partial charge in [-0.1, -0.05) is 24.3 Å². The van der Waals surface area contributed by atoms with E-state index >= 15 is 0 Å². The molecule has 0 radical (unpaired) electrons. The largest absolute Gasteiger partial charge is 0.494 e. The first-order valence-corrected chi connectivity index (χ1v) is 8.90. The van der Waals surface area contributed by atoms with Crippen molar-refractivity contribution in [3.8, 4) is 5.75 Å². The molecule has 1 unspecified atom stereocenters. The number of fused-ring (bicyclic) bond motifs is 1. The van der Waals surface area contributed by atoms with E-state index in [1.165, 1.54) is 18.2 Å². The number of hydrogen-bond acceptors (Lipinski definition) is 3. The Bertz CT molecular complexity index is 1270. The second-order valence-electron chi connectivity index (χ2n) is 6.59. The van der Waals surface area contributed by atoms with Gasteiger partial charge in [0, 0.05) is 22.7 Å². The van der Waals surface area contributed by atoms with E-state index in [0.29, 0.717) is 10.9 Å². The maximum Gasteiger partial charge on any atom is 0.354 e. The van der Waals surface area contributed by atoms with Crippen molar-refractivity contribution in [1.29, 1.82) is 0 Å². The van der Waals surface area contributed by atoms with Crippen LogP contribution < -0.4 is 4.74 Å². The van der Waals surface area contributed by atoms with Gasteiger partial charge < -0.3 is 14.8 Å². The van der Waals surface area contributed by atoms with E-state index in [4.69, 9.17) is 4.74 Å². The maximum atomic E-state index is 14.9. The molecule has 152 valence electrons. The lowest BCUT2D eigenvalue weighted by molar-refractivity contribution is 0.0690. The Hall–Kier alpha value is -3.81. The summed E-state index contributed by atoms with van der Waals surface area (Å²) in [4.78, 5) is 18.6. The van der Waals surface area contributed by atoms with Crippen LogP contribution in [0.1, 0.15) is 33.2 Å². The Morgan fingerprint density at radius 2 is 1.80 bits per heavy atom. The predicted octanol–water partition coefficient (Wildman–Crippen LogP) is 4.87. The van der Waals surface area contributed by atoms with Crippen LogP contribution in [0.5, 0.6) is 5.75 Å². The summed E-state index contributed by atoms with van der Waals surface area (Å²) < 4.78 is 48.2. The molecule has 4 aromatic rings. The molecule has 2 N–H and O–H groups in total. The third-order valence-corrected chi connectivity index (χ3v) is 4.89. The fourth-order valence-corrected chi connectivity index (χ4v) is 3.51. The zero-order valence-corrected chi connectivity index (χ0v) is 15.6. The molecule has 8 heteroatoms. The van der Waals surface area contributed by atoms with Crippen molar-refractivity contribution in [3.05, 3.63) is 94.7 Å². The van der Waals surface area contributed by atoms with Crippen molar-refractivity contribution in [2.75, 3.05) is 7.11 Å². The number of rotatable bonds is 5. The summed E-state index contributed by atoms with van der Waals surface area (Å²) in [7, 11) is 1.14. The summed E-state index contributed by atoms with van der Waals surface area (Å²) in [5.74, 6) is -7.27. The van der Waals surface area contributed by atoms with Gasteiger partial charge in [-0.3, -0.25) is 0 Å². The number of aromatic carboxylic acids is 1. The number of aromatic amines is 1. The van der Waals surface area contributed by atoms with Gasteiger partial charge in [0.1, 0.15) is 5.69 Å². The molecule has 30 heavy (non-hydrogen) atoms. The standard InChI is InChI=1S/C22H15F3N2O3/c1-30-17-9-12(19(23)21(25)20(17)24)18(15-7-4-8-16(27-15)22(28)29)13-10-26-14-6-3-2-5-11(13)14/h2-10,18,26H,1H3,(H,28,29). The van der Waals surface area contributed by atoms with Gasteiger partial charge in [0.15, 0.2) is 17.4 Å². The van der Waals surface area contributed by atoms with Crippen LogP contribution in [0, 0.1) is 17.5 Å². The van der Waals surface area contributed by atoms with Gasteiger partial charge in [-0.05, 0) is 29.8 Å². The molecule has 0 saturated heterocycles. The van der Waals surface area contributed by atoms with E-state index in [1.54, 1.807) is 24.4 Å². The molecule has 4 rings (SSSR count). The van der Waals surface area contributed by atoms with Crippen LogP contribution in [0.3, 0.4) is 0 Å². The van der Waals surface area contributed by atoms with Crippen molar-refractivity contribution in [3.63, 3.8) is 0 Å². The molecule has 5 nitrogen and oxygen atoms in total. The summed E-state index contributed by atoms with van der Waals surface area (Å²) in [5, 5.41) is 10.0. The first-order valence-electron chi connectivity index (χ1n) is 8.90. The first kappa shape index (κ1) is 19.5. The van der Waals surface area contributed by atoms with Crippen LogP contribution >= 0.6 is 0 Å². The van der Waals surface area contributed by atoms with E-state index < -0.39 is 35.1 Å². The number of carboxylic acids is 1. The number of hydrogen-bond donors (Lipinski definition) is 2. The van der Waals surface area contributed by atoms with Crippen molar-refractivity contribution >= 4 is 16.9 Å². The van der Waals surface area contributed by atoms with Gasteiger partial charge in [0.05, 0.1) is 18.7 Å². The lowest BCUT2D eigenvalue weighted by atomic mass is 9.87. The second-order valence-corrected chi connectivity index (χ2v) is 6.59. The fraction of sp³-hybridized carbons (Fsp3) is 0.0909. The third kappa shape index (κ3) is 3.16. The highest BCUT2D eigenvalue weighted by atomic mass is 19.2. The van der Waals surface area contributed by atoms with Gasteiger partial charge in [0.2, 0.25) is 5.82 Å². The number of ether oxygens (including phenoxy) is 1. The maximum absolute atomic E-state index is 14.9. The summed E-state index contributed by atoms with van der Waals surface area (Å²) in [6.07, 6.45) is 1.61. The topological polar surface area (TPSA) is 75.2 Å². The van der Waals surface area contributed by atoms with E-state index in [0.717, 1.165) is 18.7 Å². The quantitative estimate of drug-likeness (QED) is 0.459. The van der Waals surface area contributed by atoms with E-state index in [-0.39, 0.29) is 17.0 Å². The molecule has 2 aromatic heterocycles. The number of benzene rings is 2. The highest BCUT2D eigenvalue weighted by molar-refractivity contribution is 5.86. The molecule has 0 bridgehead atoms. The second kappa shape index (κ2) is 7.55. The lowest BCUT2D eigenvalue weighted by Crippen LogP contribution is -2.12. The number of pyridine rings is 1. The molecule has 0 aliphatic rings. The molecule has 2 heterocycles. The Kier molecular flexibility index (Phi) is 4.91. The average molecular weight is 412 g/mol. The highest BCUT2D eigenvalue weighted by Gasteiger charge is 2.29. The van der Waals surface area contributed by atoms with Gasteiger partial charge in [-0.25, -0.2) is 18.6 Å². The summed E-state index contributed by atoms with van der Waals surface area (Å²) in [6.45, 7) is 0. The van der Waals surface area contributed by atoms with Gasteiger partial charge in [-0.15, -0.1) is 0 Å². The lowest BCUT2D eigenvalue weighted by Gasteiger charge is -2.19. The average Bonchev–Trinajstić information content (AvgIpc) is 3.18. The Morgan fingerprint density at radius 3 is 2.53 bits per heavy atom. The molecule has 0 saturated carbocycles. The minimum Gasteiger partial charge on any atom is -0.494 e. The fourth-order valence-electron chi connectivity index (χ4n) is 3.51. The Labute approximate surface area is 168 Å². The van der Waals surface area contributed by atoms with Crippen molar-refractivity contribution in [2.24, 2.45) is 0 Å². The van der Waals surface area contributed by atoms with Gasteiger partial charge >= 0.3 is 5.97 Å². The molecule has 1 atom stereocenters. The summed E-state index contributed by atoms with van der Waals surface area (Å²) >= 11 is 0. The van der Waals surface area contributed by atoms with Crippen LogP contribution in [0.4, 0.5) is 13.2 Å². The van der Waals surface area contributed by atoms with Crippen LogP contribution in [0.2, 0.25) is 0 Å². The monoisotopic (exact) mass is 412 g/mol. The van der Waals surface area contributed by atoms with Crippen LogP contribution in [-0.4, -0.2) is 28.2 Å². The highest BCUT2D eigenvalue weighted by Crippen LogP contribution is 2.39. The Balaban J connectivity index is 2.04. The molecule has 0 aliphatic heterocycles. The smallest absolute Gasteiger partial charge is 0.354 e. The number of carboxylic acid groups (broad SMARTS) is 1. The van der Waals surface area contributed by atoms with Crippen molar-refractivity contribution in [1.82, 2.24) is 9.97 Å².